The maximum absolute atomic E-state index is 12.9. The molecule has 2 saturated carbocycles. The molecule has 0 unspecified atom stereocenters. The molecule has 8 heteroatoms. The van der Waals surface area contributed by atoms with Gasteiger partial charge in [0.1, 0.15) is 5.75 Å². The summed E-state index contributed by atoms with van der Waals surface area (Å²) in [7, 11) is 1.66. The molecule has 0 atom stereocenters. The number of rotatable bonds is 7. The van der Waals surface area contributed by atoms with E-state index in [0.29, 0.717) is 25.2 Å². The minimum atomic E-state index is -0.0301. The number of hydrogen-bond donors (Lipinski definition) is 1. The highest BCUT2D eigenvalue weighted by molar-refractivity contribution is 5.80. The summed E-state index contributed by atoms with van der Waals surface area (Å²) in [5, 5.41) is 13.7. The Hall–Kier alpha value is -2.74. The Kier molecular flexibility index (Phi) is 6.21. The quantitative estimate of drug-likeness (QED) is 0.603. The van der Waals surface area contributed by atoms with Crippen LogP contribution in [0.5, 0.6) is 5.75 Å². The number of tetrazole rings is 1. The fraction of sp³-hybridized carbons (Fsp3) is 0.583. The van der Waals surface area contributed by atoms with Gasteiger partial charge in [0.05, 0.1) is 19.7 Å². The average Bonchev–Trinajstić information content (AvgIpc) is 3.52. The van der Waals surface area contributed by atoms with E-state index in [1.807, 2.05) is 24.3 Å². The highest BCUT2D eigenvalue weighted by Crippen LogP contribution is 2.30. The molecule has 5 rings (SSSR count). The van der Waals surface area contributed by atoms with Crippen molar-refractivity contribution in [2.75, 3.05) is 7.11 Å². The van der Waals surface area contributed by atoms with E-state index >= 15 is 0 Å². The van der Waals surface area contributed by atoms with Crippen molar-refractivity contribution in [1.29, 1.82) is 0 Å². The van der Waals surface area contributed by atoms with Gasteiger partial charge >= 0.3 is 0 Å². The van der Waals surface area contributed by atoms with Gasteiger partial charge < -0.3 is 9.72 Å². The number of aromatic nitrogens is 5. The third-order valence-electron chi connectivity index (χ3n) is 7.17. The lowest BCUT2D eigenvalue weighted by atomic mass is 9.95. The van der Waals surface area contributed by atoms with Crippen LogP contribution in [0.25, 0.3) is 10.9 Å². The first-order valence-electron chi connectivity index (χ1n) is 11.9. The Labute approximate surface area is 188 Å². The van der Waals surface area contributed by atoms with Crippen LogP contribution >= 0.6 is 0 Å². The van der Waals surface area contributed by atoms with Gasteiger partial charge in [-0.05, 0) is 60.4 Å². The van der Waals surface area contributed by atoms with Crippen LogP contribution in [0.2, 0.25) is 0 Å². The number of ether oxygens (including phenoxy) is 1. The first-order valence-corrected chi connectivity index (χ1v) is 11.9. The standard InChI is InChI=1S/C24H32N6O2/c1-32-21-11-12-22-17(14-21)13-18(24(31)25-22)15-29(19-7-5-6-8-19)16-23-26-27-28-30(23)20-9-3-2-4-10-20/h11-14,19-20H,2-10,15-16H2,1H3,(H,25,31). The monoisotopic (exact) mass is 436 g/mol. The predicted octanol–water partition coefficient (Wildman–Crippen LogP) is 3.97. The first kappa shape index (κ1) is 21.1. The van der Waals surface area contributed by atoms with Crippen LogP contribution in [0.4, 0.5) is 0 Å². The molecule has 32 heavy (non-hydrogen) atoms. The van der Waals surface area contributed by atoms with Crippen LogP contribution in [0.3, 0.4) is 0 Å². The van der Waals surface area contributed by atoms with E-state index in [4.69, 9.17) is 4.74 Å². The molecule has 2 fully saturated rings. The number of pyridine rings is 1. The van der Waals surface area contributed by atoms with Crippen molar-refractivity contribution < 1.29 is 4.74 Å². The van der Waals surface area contributed by atoms with E-state index in [9.17, 15) is 4.79 Å². The molecule has 0 amide bonds. The summed E-state index contributed by atoms with van der Waals surface area (Å²) in [5.74, 6) is 1.71. The van der Waals surface area contributed by atoms with Crippen LogP contribution in [0.1, 0.15) is 75.2 Å². The Morgan fingerprint density at radius 1 is 1.06 bits per heavy atom. The largest absolute Gasteiger partial charge is 0.497 e. The molecule has 0 spiro atoms. The Morgan fingerprint density at radius 2 is 1.84 bits per heavy atom. The molecule has 0 aliphatic heterocycles. The van der Waals surface area contributed by atoms with E-state index in [2.05, 4.69) is 30.1 Å². The molecule has 8 nitrogen and oxygen atoms in total. The van der Waals surface area contributed by atoms with Crippen LogP contribution in [-0.2, 0) is 13.1 Å². The number of fused-ring (bicyclic) bond motifs is 1. The van der Waals surface area contributed by atoms with E-state index in [-0.39, 0.29) is 5.56 Å². The van der Waals surface area contributed by atoms with Crippen molar-refractivity contribution in [2.24, 2.45) is 0 Å². The SMILES string of the molecule is COc1ccc2[nH]c(=O)c(CN(Cc3nnnn3C3CCCCC3)C3CCCC3)cc2c1. The highest BCUT2D eigenvalue weighted by atomic mass is 16.5. The second-order valence-corrected chi connectivity index (χ2v) is 9.25. The fourth-order valence-electron chi connectivity index (χ4n) is 5.38. The van der Waals surface area contributed by atoms with Gasteiger partial charge in [0.2, 0.25) is 0 Å². The lowest BCUT2D eigenvalue weighted by Crippen LogP contribution is -2.35. The number of H-pyrrole nitrogens is 1. The molecular formula is C24H32N6O2. The smallest absolute Gasteiger partial charge is 0.252 e. The second-order valence-electron chi connectivity index (χ2n) is 9.25. The summed E-state index contributed by atoms with van der Waals surface area (Å²) in [5.41, 5.74) is 1.57. The summed E-state index contributed by atoms with van der Waals surface area (Å²) in [6.07, 6.45) is 10.9. The van der Waals surface area contributed by atoms with E-state index < -0.39 is 0 Å². The Morgan fingerprint density at radius 3 is 2.62 bits per heavy atom. The van der Waals surface area contributed by atoms with Crippen LogP contribution in [0, 0.1) is 0 Å². The first-order chi connectivity index (χ1) is 15.7. The molecule has 2 aliphatic carbocycles. The Bertz CT molecular complexity index is 1110. The topological polar surface area (TPSA) is 88.9 Å². The van der Waals surface area contributed by atoms with Gasteiger partial charge in [0, 0.05) is 29.1 Å². The molecule has 1 N–H and O–H groups in total. The zero-order valence-corrected chi connectivity index (χ0v) is 18.8. The molecule has 0 saturated heterocycles. The van der Waals surface area contributed by atoms with Crippen molar-refractivity contribution >= 4 is 10.9 Å². The summed E-state index contributed by atoms with van der Waals surface area (Å²) < 4.78 is 7.42. The van der Waals surface area contributed by atoms with Crippen molar-refractivity contribution in [3.05, 3.63) is 46.0 Å². The van der Waals surface area contributed by atoms with Gasteiger partial charge in [-0.15, -0.1) is 5.10 Å². The molecule has 3 aromatic rings. The van der Waals surface area contributed by atoms with Crippen molar-refractivity contribution in [2.45, 2.75) is 83.0 Å². The van der Waals surface area contributed by atoms with E-state index in [1.54, 1.807) is 7.11 Å². The average molecular weight is 437 g/mol. The summed E-state index contributed by atoms with van der Waals surface area (Å²) in [6.45, 7) is 1.26. The fourth-order valence-corrected chi connectivity index (χ4v) is 5.38. The van der Waals surface area contributed by atoms with Gasteiger partial charge in [0.25, 0.3) is 5.56 Å². The number of nitrogens with zero attached hydrogens (tertiary/aromatic N) is 5. The van der Waals surface area contributed by atoms with Gasteiger partial charge in [-0.3, -0.25) is 9.69 Å². The molecule has 2 aliphatic rings. The number of nitrogens with one attached hydrogen (secondary N) is 1. The third kappa shape index (κ3) is 4.41. The lowest BCUT2D eigenvalue weighted by Gasteiger charge is -2.29. The normalized spacial score (nSPS) is 18.1. The second kappa shape index (κ2) is 9.40. The number of methoxy groups -OCH3 is 1. The van der Waals surface area contributed by atoms with Crippen molar-refractivity contribution in [1.82, 2.24) is 30.1 Å². The van der Waals surface area contributed by atoms with E-state index in [0.717, 1.165) is 53.7 Å². The maximum atomic E-state index is 12.9. The highest BCUT2D eigenvalue weighted by Gasteiger charge is 2.27. The lowest BCUT2D eigenvalue weighted by molar-refractivity contribution is 0.168. The van der Waals surface area contributed by atoms with Crippen molar-refractivity contribution in [3.63, 3.8) is 0 Å². The van der Waals surface area contributed by atoms with Gasteiger partial charge in [0.15, 0.2) is 5.82 Å². The minimum Gasteiger partial charge on any atom is -0.497 e. The van der Waals surface area contributed by atoms with Gasteiger partial charge in [-0.1, -0.05) is 32.1 Å². The summed E-state index contributed by atoms with van der Waals surface area (Å²) in [6, 6.07) is 8.59. The number of hydrogen-bond acceptors (Lipinski definition) is 6. The molecule has 1 aromatic carbocycles. The molecule has 0 radical (unpaired) electrons. The third-order valence-corrected chi connectivity index (χ3v) is 7.17. The van der Waals surface area contributed by atoms with Crippen LogP contribution in [-0.4, -0.2) is 43.2 Å². The molecule has 0 bridgehead atoms. The Balaban J connectivity index is 1.43. The minimum absolute atomic E-state index is 0.0301. The zero-order chi connectivity index (χ0) is 21.9. The number of benzene rings is 1. The van der Waals surface area contributed by atoms with Gasteiger partial charge in [-0.2, -0.15) is 0 Å². The molecular weight excluding hydrogens is 404 g/mol. The summed E-state index contributed by atoms with van der Waals surface area (Å²) in [4.78, 5) is 18.4. The molecule has 2 aromatic heterocycles. The predicted molar refractivity (Wildman–Crippen MR) is 123 cm³/mol. The summed E-state index contributed by atoms with van der Waals surface area (Å²) >= 11 is 0. The number of aromatic amines is 1. The van der Waals surface area contributed by atoms with Crippen molar-refractivity contribution in [3.8, 4) is 5.75 Å². The molecule has 170 valence electrons. The molecule has 2 heterocycles. The van der Waals surface area contributed by atoms with Crippen LogP contribution < -0.4 is 10.3 Å². The zero-order valence-electron chi connectivity index (χ0n) is 18.8. The maximum Gasteiger partial charge on any atom is 0.252 e. The van der Waals surface area contributed by atoms with Gasteiger partial charge in [-0.25, -0.2) is 4.68 Å². The van der Waals surface area contributed by atoms with Crippen LogP contribution in [0.15, 0.2) is 29.1 Å². The van der Waals surface area contributed by atoms with E-state index in [1.165, 1.54) is 32.1 Å².